The number of hydrogen-bond donors (Lipinski definition) is 3. The second kappa shape index (κ2) is 6.42. The molecule has 0 spiro atoms. The van der Waals surface area contributed by atoms with Crippen LogP contribution in [0.1, 0.15) is 36.0 Å². The number of rotatable bonds is 4. The van der Waals surface area contributed by atoms with E-state index in [1.165, 1.54) is 12.1 Å². The standard InChI is InChI=1S/C14H17N3O5/c15-12-6-5-10(17(21)22)7-11(12)13(18)16-9-3-1-8(2-4-9)14(19)20/h5-9H,1-4,15H2,(H,16,18)(H,19,20). The zero-order valence-corrected chi connectivity index (χ0v) is 11.8. The first kappa shape index (κ1) is 15.7. The predicted octanol–water partition coefficient (Wildman–Crippen LogP) is 1.55. The minimum absolute atomic E-state index is 0.0644. The van der Waals surface area contributed by atoms with Crippen molar-refractivity contribution in [1.82, 2.24) is 5.32 Å². The third-order valence-corrected chi connectivity index (χ3v) is 3.90. The van der Waals surface area contributed by atoms with Crippen molar-refractivity contribution in [2.24, 2.45) is 5.92 Å². The molecular weight excluding hydrogens is 290 g/mol. The number of nitrogens with one attached hydrogen (secondary N) is 1. The van der Waals surface area contributed by atoms with Gasteiger partial charge in [-0.3, -0.25) is 19.7 Å². The van der Waals surface area contributed by atoms with Crippen LogP contribution in [0, 0.1) is 16.0 Å². The van der Waals surface area contributed by atoms with Gasteiger partial charge in [0.25, 0.3) is 11.6 Å². The monoisotopic (exact) mass is 307 g/mol. The summed E-state index contributed by atoms with van der Waals surface area (Å²) in [4.78, 5) is 33.2. The Morgan fingerprint density at radius 1 is 1.27 bits per heavy atom. The molecule has 0 aromatic heterocycles. The Morgan fingerprint density at radius 3 is 2.45 bits per heavy atom. The van der Waals surface area contributed by atoms with E-state index in [1.807, 2.05) is 0 Å². The number of anilines is 1. The van der Waals surface area contributed by atoms with E-state index in [2.05, 4.69) is 5.32 Å². The van der Waals surface area contributed by atoms with Gasteiger partial charge in [0.1, 0.15) is 0 Å². The molecule has 0 bridgehead atoms. The Balaban J connectivity index is 2.03. The van der Waals surface area contributed by atoms with Crippen LogP contribution >= 0.6 is 0 Å². The molecule has 1 amide bonds. The molecule has 8 heteroatoms. The largest absolute Gasteiger partial charge is 0.481 e. The summed E-state index contributed by atoms with van der Waals surface area (Å²) in [5.74, 6) is -1.65. The number of carboxylic acids is 1. The van der Waals surface area contributed by atoms with Gasteiger partial charge >= 0.3 is 5.97 Å². The van der Waals surface area contributed by atoms with Gasteiger partial charge < -0.3 is 16.2 Å². The molecule has 0 heterocycles. The number of carbonyl (C=O) groups is 2. The Bertz CT molecular complexity index is 608. The SMILES string of the molecule is Nc1ccc([N+](=O)[O-])cc1C(=O)NC1CCC(C(=O)O)CC1. The lowest BCUT2D eigenvalue weighted by Crippen LogP contribution is -2.39. The zero-order chi connectivity index (χ0) is 16.3. The van der Waals surface area contributed by atoms with E-state index in [-0.39, 0.29) is 28.9 Å². The molecule has 2 rings (SSSR count). The maximum Gasteiger partial charge on any atom is 0.306 e. The van der Waals surface area contributed by atoms with Gasteiger partial charge in [0.05, 0.1) is 16.4 Å². The van der Waals surface area contributed by atoms with E-state index < -0.39 is 16.8 Å². The maximum absolute atomic E-state index is 12.2. The third kappa shape index (κ3) is 3.51. The van der Waals surface area contributed by atoms with Crippen molar-refractivity contribution in [3.05, 3.63) is 33.9 Å². The summed E-state index contributed by atoms with van der Waals surface area (Å²) in [6.07, 6.45) is 2.14. The van der Waals surface area contributed by atoms with Gasteiger partial charge in [-0.05, 0) is 31.7 Å². The Morgan fingerprint density at radius 2 is 1.91 bits per heavy atom. The summed E-state index contributed by atoms with van der Waals surface area (Å²) in [6, 6.07) is 3.58. The quantitative estimate of drug-likeness (QED) is 0.438. The molecule has 22 heavy (non-hydrogen) atoms. The topological polar surface area (TPSA) is 136 Å². The van der Waals surface area contributed by atoms with Crippen molar-refractivity contribution in [3.8, 4) is 0 Å². The number of non-ortho nitro benzene ring substituents is 1. The molecular formula is C14H17N3O5. The number of hydrogen-bond acceptors (Lipinski definition) is 5. The Hall–Kier alpha value is -2.64. The van der Waals surface area contributed by atoms with Crippen molar-refractivity contribution >= 4 is 23.3 Å². The van der Waals surface area contributed by atoms with Gasteiger partial charge in [0.2, 0.25) is 0 Å². The first-order valence-corrected chi connectivity index (χ1v) is 6.96. The number of nitrogens with two attached hydrogens (primary N) is 1. The lowest BCUT2D eigenvalue weighted by Gasteiger charge is -2.26. The van der Waals surface area contributed by atoms with Crippen molar-refractivity contribution in [3.63, 3.8) is 0 Å². The molecule has 1 saturated carbocycles. The van der Waals surface area contributed by atoms with Gasteiger partial charge in [0, 0.05) is 23.9 Å². The van der Waals surface area contributed by atoms with Crippen molar-refractivity contribution in [2.75, 3.05) is 5.73 Å². The molecule has 1 fully saturated rings. The van der Waals surface area contributed by atoms with Crippen molar-refractivity contribution in [1.29, 1.82) is 0 Å². The van der Waals surface area contributed by atoms with Crippen LogP contribution in [0.2, 0.25) is 0 Å². The van der Waals surface area contributed by atoms with Crippen LogP contribution in [-0.2, 0) is 4.79 Å². The van der Waals surface area contributed by atoms with Gasteiger partial charge in [-0.25, -0.2) is 0 Å². The molecule has 0 unspecified atom stereocenters. The molecule has 1 aliphatic rings. The summed E-state index contributed by atoms with van der Waals surface area (Å²) < 4.78 is 0. The average Bonchev–Trinajstić information content (AvgIpc) is 2.47. The number of amides is 1. The van der Waals surface area contributed by atoms with Crippen LogP contribution in [0.25, 0.3) is 0 Å². The number of benzene rings is 1. The van der Waals surface area contributed by atoms with Crippen LogP contribution in [-0.4, -0.2) is 27.9 Å². The molecule has 1 aromatic carbocycles. The summed E-state index contributed by atoms with van der Waals surface area (Å²) in [7, 11) is 0. The fraction of sp³-hybridized carbons (Fsp3) is 0.429. The maximum atomic E-state index is 12.2. The molecule has 4 N–H and O–H groups in total. The predicted molar refractivity (Wildman–Crippen MR) is 78.4 cm³/mol. The first-order valence-electron chi connectivity index (χ1n) is 6.96. The Labute approximate surface area is 126 Å². The molecule has 0 saturated heterocycles. The van der Waals surface area contributed by atoms with Crippen molar-refractivity contribution in [2.45, 2.75) is 31.7 Å². The zero-order valence-electron chi connectivity index (χ0n) is 11.8. The van der Waals surface area contributed by atoms with Gasteiger partial charge in [-0.1, -0.05) is 0 Å². The van der Waals surface area contributed by atoms with Gasteiger partial charge in [-0.15, -0.1) is 0 Å². The second-order valence-corrected chi connectivity index (χ2v) is 5.39. The molecule has 0 aliphatic heterocycles. The first-order chi connectivity index (χ1) is 10.4. The minimum atomic E-state index is -0.812. The highest BCUT2D eigenvalue weighted by atomic mass is 16.6. The highest BCUT2D eigenvalue weighted by Crippen LogP contribution is 2.25. The summed E-state index contributed by atoms with van der Waals surface area (Å²) in [5.41, 5.74) is 5.73. The van der Waals surface area contributed by atoms with Gasteiger partial charge in [0.15, 0.2) is 0 Å². The van der Waals surface area contributed by atoms with E-state index in [9.17, 15) is 19.7 Å². The normalized spacial score (nSPS) is 21.1. The van der Waals surface area contributed by atoms with Gasteiger partial charge in [-0.2, -0.15) is 0 Å². The number of carboxylic acid groups (broad SMARTS) is 1. The molecule has 0 radical (unpaired) electrons. The molecule has 1 aromatic rings. The van der Waals surface area contributed by atoms with Crippen LogP contribution in [0.3, 0.4) is 0 Å². The number of nitrogens with zero attached hydrogens (tertiary/aromatic N) is 1. The highest BCUT2D eigenvalue weighted by molar-refractivity contribution is 6.00. The summed E-state index contributed by atoms with van der Waals surface area (Å²) in [6.45, 7) is 0. The lowest BCUT2D eigenvalue weighted by atomic mass is 9.86. The smallest absolute Gasteiger partial charge is 0.306 e. The van der Waals surface area contributed by atoms with E-state index in [0.29, 0.717) is 25.7 Å². The van der Waals surface area contributed by atoms with E-state index in [0.717, 1.165) is 6.07 Å². The highest BCUT2D eigenvalue weighted by Gasteiger charge is 2.27. The fourth-order valence-electron chi connectivity index (χ4n) is 2.60. The number of nitro benzene ring substituents is 1. The van der Waals surface area contributed by atoms with Crippen LogP contribution in [0.15, 0.2) is 18.2 Å². The van der Waals surface area contributed by atoms with Crippen LogP contribution in [0.4, 0.5) is 11.4 Å². The number of aliphatic carboxylic acids is 1. The number of nitro groups is 1. The molecule has 8 nitrogen and oxygen atoms in total. The second-order valence-electron chi connectivity index (χ2n) is 5.39. The Kier molecular flexibility index (Phi) is 4.59. The average molecular weight is 307 g/mol. The van der Waals surface area contributed by atoms with E-state index in [4.69, 9.17) is 10.8 Å². The van der Waals surface area contributed by atoms with Crippen LogP contribution < -0.4 is 11.1 Å². The van der Waals surface area contributed by atoms with E-state index >= 15 is 0 Å². The van der Waals surface area contributed by atoms with E-state index in [1.54, 1.807) is 0 Å². The van der Waals surface area contributed by atoms with Crippen molar-refractivity contribution < 1.29 is 19.6 Å². The third-order valence-electron chi connectivity index (χ3n) is 3.90. The molecule has 118 valence electrons. The number of carbonyl (C=O) groups excluding carboxylic acids is 1. The minimum Gasteiger partial charge on any atom is -0.481 e. The number of nitrogen functional groups attached to an aromatic ring is 1. The fourth-order valence-corrected chi connectivity index (χ4v) is 2.60. The molecule has 1 aliphatic carbocycles. The lowest BCUT2D eigenvalue weighted by molar-refractivity contribution is -0.384. The molecule has 0 atom stereocenters. The summed E-state index contributed by atoms with van der Waals surface area (Å²) >= 11 is 0. The summed E-state index contributed by atoms with van der Waals surface area (Å²) in [5, 5.41) is 22.5. The van der Waals surface area contributed by atoms with Crippen LogP contribution in [0.5, 0.6) is 0 Å².